The summed E-state index contributed by atoms with van der Waals surface area (Å²) in [5.74, 6) is 0.414. The fraction of sp³-hybridized carbons (Fsp3) is 0.286. The van der Waals surface area contributed by atoms with Crippen LogP contribution in [-0.2, 0) is 17.8 Å². The van der Waals surface area contributed by atoms with Gasteiger partial charge in [-0.2, -0.15) is 5.06 Å². The lowest BCUT2D eigenvalue weighted by atomic mass is 10.1. The average Bonchev–Trinajstić information content (AvgIpc) is 2.65. The Labute approximate surface area is 149 Å². The number of amides is 1. The van der Waals surface area contributed by atoms with E-state index in [1.165, 1.54) is 5.56 Å². The zero-order valence-electron chi connectivity index (χ0n) is 15.1. The van der Waals surface area contributed by atoms with E-state index in [1.807, 2.05) is 31.2 Å². The molecular formula is C21H25NO3. The van der Waals surface area contributed by atoms with Crippen LogP contribution >= 0.6 is 0 Å². The van der Waals surface area contributed by atoms with Crippen molar-refractivity contribution in [2.24, 2.45) is 0 Å². The molecule has 0 aliphatic carbocycles. The van der Waals surface area contributed by atoms with Gasteiger partial charge in [-0.05, 0) is 30.5 Å². The van der Waals surface area contributed by atoms with Crippen molar-refractivity contribution in [1.82, 2.24) is 0 Å². The molecule has 0 saturated heterocycles. The molecule has 0 heterocycles. The van der Waals surface area contributed by atoms with Crippen LogP contribution in [0, 0.1) is 6.92 Å². The summed E-state index contributed by atoms with van der Waals surface area (Å²) >= 11 is 0. The smallest absolute Gasteiger partial charge is 0.250 e. The first-order valence-electron chi connectivity index (χ1n) is 8.50. The van der Waals surface area contributed by atoms with Gasteiger partial charge in [0, 0.05) is 17.5 Å². The van der Waals surface area contributed by atoms with Crippen molar-refractivity contribution in [2.75, 3.05) is 5.06 Å². The number of nitrogens with zero attached hydrogens (tertiary/aromatic N) is 1. The highest BCUT2D eigenvalue weighted by Gasteiger charge is 2.18. The van der Waals surface area contributed by atoms with E-state index < -0.39 is 0 Å². The van der Waals surface area contributed by atoms with Gasteiger partial charge in [-0.15, -0.1) is 0 Å². The highest BCUT2D eigenvalue weighted by molar-refractivity contribution is 5.93. The zero-order valence-corrected chi connectivity index (χ0v) is 15.1. The number of hydroxylamine groups is 1. The maximum absolute atomic E-state index is 11.9. The van der Waals surface area contributed by atoms with Gasteiger partial charge in [0.25, 0.3) is 0 Å². The van der Waals surface area contributed by atoms with Crippen LogP contribution < -0.4 is 9.80 Å². The fourth-order valence-corrected chi connectivity index (χ4v) is 2.67. The molecule has 25 heavy (non-hydrogen) atoms. The normalized spacial score (nSPS) is 10.4. The molecule has 1 amide bonds. The number of anilines is 1. The molecule has 0 bridgehead atoms. The van der Waals surface area contributed by atoms with Crippen molar-refractivity contribution < 1.29 is 14.7 Å². The number of hydrogen-bond acceptors (Lipinski definition) is 3. The van der Waals surface area contributed by atoms with E-state index in [1.54, 1.807) is 19.1 Å². The molecule has 0 atom stereocenters. The second-order valence-corrected chi connectivity index (χ2v) is 5.86. The zero-order chi connectivity index (χ0) is 18.4. The Hall–Kier alpha value is -2.59. The molecule has 0 aromatic heterocycles. The Morgan fingerprint density at radius 1 is 1.28 bits per heavy atom. The first-order chi connectivity index (χ1) is 12.0. The number of carbonyl (C=O) groups excluding carboxylic acids is 1. The van der Waals surface area contributed by atoms with Crippen LogP contribution in [0.25, 0.3) is 6.08 Å². The van der Waals surface area contributed by atoms with Crippen molar-refractivity contribution in [3.63, 3.8) is 0 Å². The molecule has 0 unspecified atom stereocenters. The van der Waals surface area contributed by atoms with Crippen LogP contribution in [0.4, 0.5) is 5.69 Å². The predicted molar refractivity (Wildman–Crippen MR) is 101 cm³/mol. The first-order valence-corrected chi connectivity index (χ1v) is 8.50. The molecule has 2 aromatic carbocycles. The Kier molecular flexibility index (Phi) is 6.37. The van der Waals surface area contributed by atoms with Crippen molar-refractivity contribution >= 4 is 17.7 Å². The molecule has 4 nitrogen and oxygen atoms in total. The second-order valence-electron chi connectivity index (χ2n) is 5.86. The molecule has 1 N–H and O–H groups in total. The summed E-state index contributed by atoms with van der Waals surface area (Å²) in [4.78, 5) is 11.9. The summed E-state index contributed by atoms with van der Waals surface area (Å²) in [6.07, 6.45) is 2.80. The average molecular weight is 339 g/mol. The number of aryl methyl sites for hydroxylation is 2. The van der Waals surface area contributed by atoms with Gasteiger partial charge in [0.05, 0.1) is 5.69 Å². The lowest BCUT2D eigenvalue weighted by Crippen LogP contribution is -2.28. The quantitative estimate of drug-likeness (QED) is 0.576. The molecule has 0 aliphatic rings. The maximum atomic E-state index is 11.9. The maximum Gasteiger partial charge on any atom is 0.250 e. The molecule has 0 saturated carbocycles. The summed E-state index contributed by atoms with van der Waals surface area (Å²) in [7, 11) is 0. The number of para-hydroxylation sites is 1. The van der Waals surface area contributed by atoms with E-state index in [4.69, 9.17) is 4.74 Å². The molecule has 132 valence electrons. The van der Waals surface area contributed by atoms with Gasteiger partial charge < -0.3 is 4.74 Å². The summed E-state index contributed by atoms with van der Waals surface area (Å²) < 4.78 is 5.94. The Morgan fingerprint density at radius 3 is 2.64 bits per heavy atom. The Bertz CT molecular complexity index is 768. The summed E-state index contributed by atoms with van der Waals surface area (Å²) in [5.41, 5.74) is 4.15. The van der Waals surface area contributed by atoms with Crippen molar-refractivity contribution in [3.8, 4) is 5.75 Å². The number of ether oxygens (including phenoxy) is 1. The molecule has 0 radical (unpaired) electrons. The van der Waals surface area contributed by atoms with E-state index in [-0.39, 0.29) is 18.9 Å². The van der Waals surface area contributed by atoms with Crippen LogP contribution in [-0.4, -0.2) is 11.1 Å². The van der Waals surface area contributed by atoms with E-state index in [0.29, 0.717) is 16.3 Å². The SMILES string of the molecule is C=Cc1cccc(COc2ccc(CC)cc2C)c1N(O)C(=O)CC. The van der Waals surface area contributed by atoms with E-state index >= 15 is 0 Å². The lowest BCUT2D eigenvalue weighted by Gasteiger charge is -2.21. The summed E-state index contributed by atoms with van der Waals surface area (Å²) in [6.45, 7) is 9.84. The number of hydrogen-bond donors (Lipinski definition) is 1. The third-order valence-corrected chi connectivity index (χ3v) is 4.15. The second kappa shape index (κ2) is 8.49. The number of benzene rings is 2. The Morgan fingerprint density at radius 2 is 2.04 bits per heavy atom. The summed E-state index contributed by atoms with van der Waals surface area (Å²) in [5, 5.41) is 11.0. The van der Waals surface area contributed by atoms with Crippen molar-refractivity contribution in [2.45, 2.75) is 40.2 Å². The molecule has 2 aromatic rings. The highest BCUT2D eigenvalue weighted by atomic mass is 16.5. The largest absolute Gasteiger partial charge is 0.489 e. The molecule has 0 fully saturated rings. The van der Waals surface area contributed by atoms with Crippen LogP contribution in [0.1, 0.15) is 42.5 Å². The van der Waals surface area contributed by atoms with Gasteiger partial charge in [0.2, 0.25) is 5.91 Å². The minimum atomic E-state index is -0.376. The first kappa shape index (κ1) is 18.7. The third kappa shape index (κ3) is 4.28. The minimum absolute atomic E-state index is 0.208. The molecule has 0 aliphatic heterocycles. The van der Waals surface area contributed by atoms with Crippen molar-refractivity contribution in [3.05, 3.63) is 65.2 Å². The lowest BCUT2D eigenvalue weighted by molar-refractivity contribution is -0.123. The highest BCUT2D eigenvalue weighted by Crippen LogP contribution is 2.28. The predicted octanol–water partition coefficient (Wildman–Crippen LogP) is 4.91. The fourth-order valence-electron chi connectivity index (χ4n) is 2.67. The topological polar surface area (TPSA) is 49.8 Å². The van der Waals surface area contributed by atoms with E-state index in [2.05, 4.69) is 19.6 Å². The number of rotatable bonds is 7. The third-order valence-electron chi connectivity index (χ3n) is 4.15. The Balaban J connectivity index is 2.30. The van der Waals surface area contributed by atoms with Gasteiger partial charge in [0.1, 0.15) is 12.4 Å². The van der Waals surface area contributed by atoms with E-state index in [0.717, 1.165) is 23.3 Å². The molecular weight excluding hydrogens is 314 g/mol. The van der Waals surface area contributed by atoms with Gasteiger partial charge in [-0.3, -0.25) is 10.0 Å². The monoisotopic (exact) mass is 339 g/mol. The van der Waals surface area contributed by atoms with Gasteiger partial charge in [-0.25, -0.2) is 0 Å². The van der Waals surface area contributed by atoms with Gasteiger partial charge in [0.15, 0.2) is 0 Å². The standard InChI is InChI=1S/C21H25NO3/c1-5-16-11-12-19(15(4)13-16)25-14-18-10-8-9-17(6-2)21(18)22(24)20(23)7-3/h6,8-13,24H,2,5,7,14H2,1,3-4H3. The molecule has 0 spiro atoms. The number of carbonyl (C=O) groups is 1. The van der Waals surface area contributed by atoms with Crippen LogP contribution in [0.15, 0.2) is 43.0 Å². The summed E-state index contributed by atoms with van der Waals surface area (Å²) in [6, 6.07) is 11.6. The van der Waals surface area contributed by atoms with E-state index in [9.17, 15) is 10.0 Å². The van der Waals surface area contributed by atoms with Crippen molar-refractivity contribution in [1.29, 1.82) is 0 Å². The van der Waals surface area contributed by atoms with Crippen LogP contribution in [0.3, 0.4) is 0 Å². The molecule has 4 heteroatoms. The minimum Gasteiger partial charge on any atom is -0.489 e. The van der Waals surface area contributed by atoms with Crippen LogP contribution in [0.2, 0.25) is 0 Å². The molecule has 2 rings (SSSR count). The van der Waals surface area contributed by atoms with Gasteiger partial charge in [-0.1, -0.05) is 56.8 Å². The van der Waals surface area contributed by atoms with Crippen LogP contribution in [0.5, 0.6) is 5.75 Å². The van der Waals surface area contributed by atoms with Gasteiger partial charge >= 0.3 is 0 Å².